The molecule has 3 aromatic rings. The first-order chi connectivity index (χ1) is 11.1. The molecule has 0 amide bonds. The molecule has 1 aromatic heterocycles. The van der Waals surface area contributed by atoms with Gasteiger partial charge in [-0.3, -0.25) is 9.59 Å². The van der Waals surface area contributed by atoms with Crippen LogP contribution < -0.4 is 5.43 Å². The Bertz CT molecular complexity index is 959. The van der Waals surface area contributed by atoms with E-state index in [1.54, 1.807) is 24.3 Å². The summed E-state index contributed by atoms with van der Waals surface area (Å²) in [6.45, 7) is 0. The lowest BCUT2D eigenvalue weighted by Crippen LogP contribution is -2.13. The molecule has 0 radical (unpaired) electrons. The van der Waals surface area contributed by atoms with Crippen molar-refractivity contribution < 1.29 is 18.3 Å². The highest BCUT2D eigenvalue weighted by Gasteiger charge is 2.48. The first-order valence-electron chi connectivity index (χ1n) is 7.11. The molecule has 1 aliphatic heterocycles. The average Bonchev–Trinajstić information content (AvgIpc) is 3.36. The van der Waals surface area contributed by atoms with Crippen LogP contribution in [0.1, 0.15) is 22.0 Å². The fourth-order valence-electron chi connectivity index (χ4n) is 2.62. The SMILES string of the molecule is O=C(c1ccc(F)cc1)C1OC1c1coc2ccccc2c1=O. The van der Waals surface area contributed by atoms with Crippen molar-refractivity contribution in [2.24, 2.45) is 0 Å². The first-order valence-corrected chi connectivity index (χ1v) is 7.11. The maximum Gasteiger partial charge on any atom is 0.198 e. The summed E-state index contributed by atoms with van der Waals surface area (Å²) in [5.41, 5.74) is 0.961. The summed E-state index contributed by atoms with van der Waals surface area (Å²) in [6.07, 6.45) is -0.00859. The van der Waals surface area contributed by atoms with Crippen LogP contribution in [-0.2, 0) is 4.74 Å². The molecule has 0 N–H and O–H groups in total. The molecule has 5 heteroatoms. The van der Waals surface area contributed by atoms with Crippen molar-refractivity contribution in [3.8, 4) is 0 Å². The number of hydrogen-bond acceptors (Lipinski definition) is 4. The Labute approximate surface area is 130 Å². The van der Waals surface area contributed by atoms with Crippen LogP contribution in [0.3, 0.4) is 0 Å². The molecule has 23 heavy (non-hydrogen) atoms. The fraction of sp³-hybridized carbons (Fsp3) is 0.111. The summed E-state index contributed by atoms with van der Waals surface area (Å²) in [4.78, 5) is 24.8. The second-order valence-electron chi connectivity index (χ2n) is 5.36. The molecule has 2 aromatic carbocycles. The van der Waals surface area contributed by atoms with E-state index in [1.807, 2.05) is 0 Å². The number of epoxide rings is 1. The van der Waals surface area contributed by atoms with E-state index in [2.05, 4.69) is 0 Å². The molecular weight excluding hydrogens is 299 g/mol. The zero-order chi connectivity index (χ0) is 16.0. The van der Waals surface area contributed by atoms with Crippen LogP contribution in [0.15, 0.2) is 64.0 Å². The van der Waals surface area contributed by atoms with Crippen molar-refractivity contribution in [3.05, 3.63) is 82.0 Å². The van der Waals surface area contributed by atoms with E-state index in [0.29, 0.717) is 22.1 Å². The van der Waals surface area contributed by atoms with E-state index in [-0.39, 0.29) is 11.2 Å². The van der Waals surface area contributed by atoms with E-state index in [0.717, 1.165) is 0 Å². The molecule has 1 fully saturated rings. The number of carbonyl (C=O) groups is 1. The van der Waals surface area contributed by atoms with Crippen LogP contribution in [0.25, 0.3) is 11.0 Å². The van der Waals surface area contributed by atoms with E-state index in [1.165, 1.54) is 30.5 Å². The molecule has 4 rings (SSSR count). The molecule has 0 saturated carbocycles. The average molecular weight is 310 g/mol. The Morgan fingerprint density at radius 3 is 2.57 bits per heavy atom. The van der Waals surface area contributed by atoms with E-state index in [4.69, 9.17) is 9.15 Å². The van der Waals surface area contributed by atoms with Gasteiger partial charge in [-0.1, -0.05) is 12.1 Å². The number of benzene rings is 2. The summed E-state index contributed by atoms with van der Waals surface area (Å²) in [5, 5.41) is 0.452. The van der Waals surface area contributed by atoms with Gasteiger partial charge in [0, 0.05) is 5.56 Å². The third kappa shape index (κ3) is 2.35. The molecule has 2 heterocycles. The van der Waals surface area contributed by atoms with Gasteiger partial charge in [-0.15, -0.1) is 0 Å². The van der Waals surface area contributed by atoms with Crippen molar-refractivity contribution in [1.82, 2.24) is 0 Å². The Morgan fingerprint density at radius 1 is 1.04 bits per heavy atom. The number of ether oxygens (including phenoxy) is 1. The lowest BCUT2D eigenvalue weighted by molar-refractivity contribution is 0.0953. The lowest BCUT2D eigenvalue weighted by atomic mass is 10.0. The minimum atomic E-state index is -0.732. The molecule has 1 aliphatic rings. The normalized spacial score (nSPS) is 19.7. The summed E-state index contributed by atoms with van der Waals surface area (Å²) in [6, 6.07) is 12.1. The lowest BCUT2D eigenvalue weighted by Gasteiger charge is -1.99. The van der Waals surface area contributed by atoms with Crippen molar-refractivity contribution in [1.29, 1.82) is 0 Å². The summed E-state index contributed by atoms with van der Waals surface area (Å²) >= 11 is 0. The molecule has 2 unspecified atom stereocenters. The molecule has 0 bridgehead atoms. The zero-order valence-corrected chi connectivity index (χ0v) is 11.9. The maximum atomic E-state index is 12.9. The highest BCUT2D eigenvalue weighted by atomic mass is 19.1. The number of halogens is 1. The second-order valence-corrected chi connectivity index (χ2v) is 5.36. The van der Waals surface area contributed by atoms with Crippen molar-refractivity contribution in [2.75, 3.05) is 0 Å². The summed E-state index contributed by atoms with van der Waals surface area (Å²) in [7, 11) is 0. The van der Waals surface area contributed by atoms with Gasteiger partial charge in [0.2, 0.25) is 0 Å². The third-order valence-corrected chi connectivity index (χ3v) is 3.89. The quantitative estimate of drug-likeness (QED) is 0.550. The van der Waals surface area contributed by atoms with Crippen LogP contribution in [0.2, 0.25) is 0 Å². The highest BCUT2D eigenvalue weighted by molar-refractivity contribution is 6.01. The summed E-state index contributed by atoms with van der Waals surface area (Å²) < 4.78 is 23.7. The van der Waals surface area contributed by atoms with Crippen molar-refractivity contribution in [3.63, 3.8) is 0 Å². The predicted octanol–water partition coefficient (Wildman–Crippen LogP) is 3.25. The first kappa shape index (κ1) is 13.8. The van der Waals surface area contributed by atoms with Crippen LogP contribution in [0, 0.1) is 5.82 Å². The molecule has 1 saturated heterocycles. The number of para-hydroxylation sites is 1. The van der Waals surface area contributed by atoms with Crippen LogP contribution in [0.5, 0.6) is 0 Å². The maximum absolute atomic E-state index is 12.9. The number of fused-ring (bicyclic) bond motifs is 1. The smallest absolute Gasteiger partial charge is 0.198 e. The highest BCUT2D eigenvalue weighted by Crippen LogP contribution is 2.39. The number of rotatable bonds is 3. The van der Waals surface area contributed by atoms with Gasteiger partial charge < -0.3 is 9.15 Å². The van der Waals surface area contributed by atoms with E-state index < -0.39 is 18.0 Å². The van der Waals surface area contributed by atoms with Gasteiger partial charge in [0.25, 0.3) is 0 Å². The van der Waals surface area contributed by atoms with Crippen molar-refractivity contribution in [2.45, 2.75) is 12.2 Å². The topological polar surface area (TPSA) is 59.8 Å². The fourth-order valence-corrected chi connectivity index (χ4v) is 2.62. The Morgan fingerprint density at radius 2 is 1.78 bits per heavy atom. The minimum Gasteiger partial charge on any atom is -0.464 e. The molecule has 114 valence electrons. The largest absolute Gasteiger partial charge is 0.464 e. The van der Waals surface area contributed by atoms with Gasteiger partial charge in [0.1, 0.15) is 23.8 Å². The molecule has 4 nitrogen and oxygen atoms in total. The Kier molecular flexibility index (Phi) is 3.09. The molecule has 0 spiro atoms. The van der Waals surface area contributed by atoms with Crippen LogP contribution in [-0.4, -0.2) is 11.9 Å². The number of carbonyl (C=O) groups excluding carboxylic acids is 1. The van der Waals surface area contributed by atoms with Gasteiger partial charge in [-0.2, -0.15) is 0 Å². The minimum absolute atomic E-state index is 0.203. The molecule has 0 aliphatic carbocycles. The summed E-state index contributed by atoms with van der Waals surface area (Å²) in [5.74, 6) is -0.687. The third-order valence-electron chi connectivity index (χ3n) is 3.89. The van der Waals surface area contributed by atoms with Gasteiger partial charge in [0.15, 0.2) is 17.3 Å². The van der Waals surface area contributed by atoms with Crippen LogP contribution in [0.4, 0.5) is 4.39 Å². The van der Waals surface area contributed by atoms with E-state index in [9.17, 15) is 14.0 Å². The Hall–Kier alpha value is -2.79. The number of ketones is 1. The molecular formula is C18H11FO4. The predicted molar refractivity (Wildman–Crippen MR) is 80.8 cm³/mol. The van der Waals surface area contributed by atoms with Gasteiger partial charge in [-0.05, 0) is 36.4 Å². The van der Waals surface area contributed by atoms with Gasteiger partial charge in [0.05, 0.1) is 10.9 Å². The van der Waals surface area contributed by atoms with Crippen LogP contribution >= 0.6 is 0 Å². The van der Waals surface area contributed by atoms with Gasteiger partial charge >= 0.3 is 0 Å². The van der Waals surface area contributed by atoms with Crippen molar-refractivity contribution >= 4 is 16.8 Å². The second kappa shape index (κ2) is 5.14. The van der Waals surface area contributed by atoms with E-state index >= 15 is 0 Å². The van der Waals surface area contributed by atoms with Gasteiger partial charge in [-0.25, -0.2) is 4.39 Å². The number of hydrogen-bond donors (Lipinski definition) is 0. The zero-order valence-electron chi connectivity index (χ0n) is 11.9. The number of Topliss-reactive ketones (excluding diaryl/α,β-unsaturated/α-hetero) is 1. The standard InChI is InChI=1S/C18H11FO4/c19-11-7-5-10(6-8-11)15(20)18-17(23-18)13-9-22-14-4-2-1-3-12(14)16(13)21/h1-9,17-18H. The molecule has 2 atom stereocenters. The Balaban J connectivity index is 1.64. The monoisotopic (exact) mass is 310 g/mol.